The van der Waals surface area contributed by atoms with Crippen LogP contribution >= 0.6 is 23.5 Å². The molecule has 122 valence electrons. The highest BCUT2D eigenvalue weighted by molar-refractivity contribution is 8.07. The molecule has 1 N–H and O–H groups in total. The van der Waals surface area contributed by atoms with E-state index < -0.39 is 12.8 Å². The molecule has 0 bridgehead atoms. The fraction of sp³-hybridized carbons (Fsp3) is 0.500. The number of hydrogen-bond donors (Lipinski definition) is 1. The Kier molecular flexibility index (Phi) is 6.31. The molecular formula is C14H16F3NO2S2. The summed E-state index contributed by atoms with van der Waals surface area (Å²) in [5.41, 5.74) is 0.821. The van der Waals surface area contributed by atoms with Crippen LogP contribution in [0.1, 0.15) is 5.56 Å². The molecule has 1 aromatic carbocycles. The fourth-order valence-electron chi connectivity index (χ4n) is 1.81. The van der Waals surface area contributed by atoms with Crippen LogP contribution in [0.15, 0.2) is 24.3 Å². The lowest BCUT2D eigenvalue weighted by Gasteiger charge is -2.20. The number of carbonyl (C=O) groups is 1. The third kappa shape index (κ3) is 6.00. The Balaban J connectivity index is 1.77. The van der Waals surface area contributed by atoms with Crippen molar-refractivity contribution in [1.29, 1.82) is 0 Å². The number of rotatable bonds is 5. The fourth-order valence-corrected chi connectivity index (χ4v) is 4.39. The van der Waals surface area contributed by atoms with E-state index in [9.17, 15) is 18.0 Å². The van der Waals surface area contributed by atoms with Crippen LogP contribution in [0.2, 0.25) is 0 Å². The minimum atomic E-state index is -4.34. The molecule has 22 heavy (non-hydrogen) atoms. The summed E-state index contributed by atoms with van der Waals surface area (Å²) in [6.45, 7) is -0.945. The molecular weight excluding hydrogens is 335 g/mol. The van der Waals surface area contributed by atoms with E-state index in [4.69, 9.17) is 0 Å². The van der Waals surface area contributed by atoms with Gasteiger partial charge in [-0.2, -0.15) is 24.9 Å². The summed E-state index contributed by atoms with van der Waals surface area (Å²) in [4.78, 5) is 12.0. The number of carbonyl (C=O) groups excluding carboxylic acids is 1. The zero-order chi connectivity index (χ0) is 16.0. The monoisotopic (exact) mass is 351 g/mol. The summed E-state index contributed by atoms with van der Waals surface area (Å²) >= 11 is 3.43. The van der Waals surface area contributed by atoms with Crippen LogP contribution in [0.25, 0.3) is 0 Å². The number of benzene rings is 1. The first-order chi connectivity index (χ1) is 10.4. The number of amides is 1. The number of alkyl halides is 3. The first-order valence-corrected chi connectivity index (χ1v) is 8.90. The van der Waals surface area contributed by atoms with Crippen LogP contribution in [0, 0.1) is 0 Å². The van der Waals surface area contributed by atoms with Crippen molar-refractivity contribution in [3.63, 3.8) is 0 Å². The van der Waals surface area contributed by atoms with Gasteiger partial charge in [0.25, 0.3) is 0 Å². The molecule has 0 saturated carbocycles. The van der Waals surface area contributed by atoms with E-state index in [0.29, 0.717) is 6.54 Å². The Morgan fingerprint density at radius 1 is 1.27 bits per heavy atom. The second-order valence-electron chi connectivity index (χ2n) is 4.70. The molecule has 1 heterocycles. The largest absolute Gasteiger partial charge is 0.484 e. The molecule has 1 saturated heterocycles. The molecule has 1 aliphatic rings. The summed E-state index contributed by atoms with van der Waals surface area (Å²) in [5, 5.41) is 2.83. The number of thioether (sulfide) groups is 2. The topological polar surface area (TPSA) is 38.3 Å². The van der Waals surface area contributed by atoms with Gasteiger partial charge in [-0.25, -0.2) is 0 Å². The zero-order valence-corrected chi connectivity index (χ0v) is 13.3. The summed E-state index contributed by atoms with van der Waals surface area (Å²) in [5.74, 6) is 3.05. The average Bonchev–Trinajstić information content (AvgIpc) is 2.52. The Labute approximate surface area is 135 Å². The van der Waals surface area contributed by atoms with Crippen LogP contribution < -0.4 is 10.1 Å². The second kappa shape index (κ2) is 8.01. The molecule has 1 amide bonds. The van der Waals surface area contributed by atoms with Crippen LogP contribution in [-0.2, 0) is 11.3 Å². The average molecular weight is 351 g/mol. The van der Waals surface area contributed by atoms with Crippen LogP contribution in [0.5, 0.6) is 5.75 Å². The minimum Gasteiger partial charge on any atom is -0.484 e. The van der Waals surface area contributed by atoms with Crippen molar-refractivity contribution in [2.24, 2.45) is 0 Å². The predicted molar refractivity (Wildman–Crippen MR) is 83.4 cm³/mol. The number of hydrogen-bond acceptors (Lipinski definition) is 4. The first-order valence-electron chi connectivity index (χ1n) is 6.69. The summed E-state index contributed by atoms with van der Waals surface area (Å²) in [7, 11) is 0. The zero-order valence-electron chi connectivity index (χ0n) is 11.7. The highest BCUT2D eigenvalue weighted by Crippen LogP contribution is 2.24. The number of ether oxygens (including phenoxy) is 1. The first kappa shape index (κ1) is 17.3. The molecule has 1 atom stereocenters. The molecule has 3 nitrogen and oxygen atoms in total. The maximum Gasteiger partial charge on any atom is 0.422 e. The van der Waals surface area contributed by atoms with Crippen LogP contribution in [-0.4, -0.2) is 41.2 Å². The van der Waals surface area contributed by atoms with Crippen LogP contribution in [0.4, 0.5) is 13.2 Å². The third-order valence-corrected chi connectivity index (χ3v) is 5.66. The van der Waals surface area contributed by atoms with Crippen molar-refractivity contribution < 1.29 is 22.7 Å². The summed E-state index contributed by atoms with van der Waals surface area (Å²) in [6.07, 6.45) is -4.34. The molecule has 1 aromatic rings. The maximum atomic E-state index is 12.0. The molecule has 0 spiro atoms. The van der Waals surface area contributed by atoms with E-state index in [1.807, 2.05) is 0 Å². The molecule has 0 radical (unpaired) electrons. The van der Waals surface area contributed by atoms with Gasteiger partial charge in [-0.1, -0.05) is 12.1 Å². The highest BCUT2D eigenvalue weighted by Gasteiger charge is 2.28. The normalized spacial score (nSPS) is 18.8. The van der Waals surface area contributed by atoms with Gasteiger partial charge >= 0.3 is 6.18 Å². The standard InChI is InChI=1S/C14H16F3NO2S2/c15-14(16,17)9-20-11-3-1-10(2-4-11)7-18-13(19)12-8-21-5-6-22-12/h1-4,12H,5-9H2,(H,18,19)/t12-/m0/s1. The second-order valence-corrected chi connectivity index (χ2v) is 7.16. The predicted octanol–water partition coefficient (Wildman–Crippen LogP) is 3.09. The van der Waals surface area contributed by atoms with E-state index in [2.05, 4.69) is 10.1 Å². The van der Waals surface area contributed by atoms with Gasteiger partial charge in [-0.3, -0.25) is 4.79 Å². The third-order valence-electron chi connectivity index (χ3n) is 2.90. The highest BCUT2D eigenvalue weighted by atomic mass is 32.2. The SMILES string of the molecule is O=C(NCc1ccc(OCC(F)(F)F)cc1)[C@@H]1CSCCS1. The maximum absolute atomic E-state index is 12.0. The van der Waals surface area contributed by atoms with Gasteiger partial charge in [0.15, 0.2) is 6.61 Å². The Bertz CT molecular complexity index is 488. The summed E-state index contributed by atoms with van der Waals surface area (Å²) in [6, 6.07) is 6.24. The van der Waals surface area contributed by atoms with Crippen molar-refractivity contribution >= 4 is 29.4 Å². The van der Waals surface area contributed by atoms with E-state index >= 15 is 0 Å². The van der Waals surface area contributed by atoms with Crippen molar-refractivity contribution in [2.45, 2.75) is 18.0 Å². The molecule has 0 aliphatic carbocycles. The Morgan fingerprint density at radius 2 is 2.00 bits per heavy atom. The lowest BCUT2D eigenvalue weighted by atomic mass is 10.2. The molecule has 1 aliphatic heterocycles. The minimum absolute atomic E-state index is 0.00889. The van der Waals surface area contributed by atoms with Gasteiger partial charge in [0, 0.05) is 23.8 Å². The van der Waals surface area contributed by atoms with Gasteiger partial charge in [0.1, 0.15) is 5.75 Å². The van der Waals surface area contributed by atoms with Gasteiger partial charge < -0.3 is 10.1 Å². The number of halogens is 3. The lowest BCUT2D eigenvalue weighted by Crippen LogP contribution is -2.35. The molecule has 1 fully saturated rings. The van der Waals surface area contributed by atoms with Gasteiger partial charge in [-0.05, 0) is 17.7 Å². The Hall–Kier alpha value is -1.02. The summed E-state index contributed by atoms with van der Waals surface area (Å²) < 4.78 is 40.7. The molecule has 8 heteroatoms. The quantitative estimate of drug-likeness (QED) is 0.885. The van der Waals surface area contributed by atoms with Gasteiger partial charge in [0.2, 0.25) is 5.91 Å². The van der Waals surface area contributed by atoms with E-state index in [0.717, 1.165) is 22.8 Å². The van der Waals surface area contributed by atoms with Crippen molar-refractivity contribution in [2.75, 3.05) is 23.9 Å². The molecule has 2 rings (SSSR count). The van der Waals surface area contributed by atoms with Crippen molar-refractivity contribution in [3.05, 3.63) is 29.8 Å². The van der Waals surface area contributed by atoms with Crippen molar-refractivity contribution in [1.82, 2.24) is 5.32 Å². The molecule has 0 unspecified atom stereocenters. The van der Waals surface area contributed by atoms with Gasteiger partial charge in [-0.15, -0.1) is 11.8 Å². The van der Waals surface area contributed by atoms with E-state index in [-0.39, 0.29) is 16.9 Å². The Morgan fingerprint density at radius 3 is 2.59 bits per heavy atom. The van der Waals surface area contributed by atoms with Gasteiger partial charge in [0.05, 0.1) is 5.25 Å². The molecule has 0 aromatic heterocycles. The van der Waals surface area contributed by atoms with Crippen molar-refractivity contribution in [3.8, 4) is 5.75 Å². The lowest BCUT2D eigenvalue weighted by molar-refractivity contribution is -0.153. The smallest absolute Gasteiger partial charge is 0.422 e. The van der Waals surface area contributed by atoms with E-state index in [1.54, 1.807) is 35.7 Å². The van der Waals surface area contributed by atoms with Crippen LogP contribution in [0.3, 0.4) is 0 Å². The van der Waals surface area contributed by atoms with E-state index in [1.165, 1.54) is 12.1 Å². The number of nitrogens with one attached hydrogen (secondary N) is 1.